The number of nitro benzene ring substituents is 1. The number of nitrogens with one attached hydrogen (secondary N) is 2. The van der Waals surface area contributed by atoms with Crippen LogP contribution in [0.3, 0.4) is 0 Å². The Hall–Kier alpha value is -3.87. The summed E-state index contributed by atoms with van der Waals surface area (Å²) in [6.45, 7) is 1.81. The van der Waals surface area contributed by atoms with Crippen LogP contribution in [0.4, 0.5) is 22.7 Å². The fourth-order valence-corrected chi connectivity index (χ4v) is 2.49. The van der Waals surface area contributed by atoms with Crippen LogP contribution in [0.25, 0.3) is 0 Å². The van der Waals surface area contributed by atoms with Crippen LogP contribution >= 0.6 is 0 Å². The van der Waals surface area contributed by atoms with Crippen molar-refractivity contribution in [2.24, 2.45) is 0 Å². The fourth-order valence-electron chi connectivity index (χ4n) is 2.49. The number of nitro groups is 1. The van der Waals surface area contributed by atoms with Gasteiger partial charge in [-0.05, 0) is 43.3 Å². The molecule has 3 aromatic rings. The van der Waals surface area contributed by atoms with Crippen LogP contribution in [0.5, 0.6) is 5.75 Å². The Morgan fingerprint density at radius 3 is 2.25 bits per heavy atom. The summed E-state index contributed by atoms with van der Waals surface area (Å²) in [5.41, 5.74) is 3.42. The molecule has 0 aromatic heterocycles. The first-order chi connectivity index (χ1) is 13.5. The van der Waals surface area contributed by atoms with Crippen LogP contribution in [0.2, 0.25) is 0 Å². The van der Waals surface area contributed by atoms with Crippen LogP contribution in [-0.2, 0) is 4.79 Å². The number of ether oxygens (including phenoxy) is 1. The first-order valence-corrected chi connectivity index (χ1v) is 8.61. The van der Waals surface area contributed by atoms with Gasteiger partial charge in [-0.1, -0.05) is 29.8 Å². The van der Waals surface area contributed by atoms with E-state index < -0.39 is 4.92 Å². The molecule has 142 valence electrons. The second-order valence-corrected chi connectivity index (χ2v) is 6.12. The maximum absolute atomic E-state index is 12.2. The minimum atomic E-state index is -0.492. The van der Waals surface area contributed by atoms with Crippen molar-refractivity contribution in [2.45, 2.75) is 6.92 Å². The Kier molecular flexibility index (Phi) is 5.86. The summed E-state index contributed by atoms with van der Waals surface area (Å²) in [6, 6.07) is 20.9. The highest BCUT2D eigenvalue weighted by Crippen LogP contribution is 2.25. The molecule has 0 saturated carbocycles. The van der Waals surface area contributed by atoms with Gasteiger partial charge in [0, 0.05) is 17.8 Å². The zero-order valence-electron chi connectivity index (χ0n) is 15.2. The number of non-ortho nitro benzene ring substituents is 1. The molecular formula is C21H19N3O4. The van der Waals surface area contributed by atoms with Crippen molar-refractivity contribution < 1.29 is 14.5 Å². The van der Waals surface area contributed by atoms with Gasteiger partial charge in [-0.2, -0.15) is 0 Å². The number of nitrogens with zero attached hydrogens (tertiary/aromatic N) is 1. The van der Waals surface area contributed by atoms with E-state index in [9.17, 15) is 14.9 Å². The average Bonchev–Trinajstić information content (AvgIpc) is 2.70. The molecule has 7 heteroatoms. The molecule has 0 aliphatic heterocycles. The highest BCUT2D eigenvalue weighted by molar-refractivity contribution is 5.95. The van der Waals surface area contributed by atoms with Gasteiger partial charge in [0.05, 0.1) is 16.3 Å². The van der Waals surface area contributed by atoms with Gasteiger partial charge in [0.25, 0.3) is 11.6 Å². The van der Waals surface area contributed by atoms with Crippen molar-refractivity contribution in [1.29, 1.82) is 0 Å². The SMILES string of the molecule is Cc1ccc(Nc2ccccc2NC(=O)COc2ccc([N+](=O)[O-])cc2)cc1. The molecule has 28 heavy (non-hydrogen) atoms. The van der Waals surface area contributed by atoms with Gasteiger partial charge in [0.1, 0.15) is 5.75 Å². The normalized spacial score (nSPS) is 10.2. The monoisotopic (exact) mass is 377 g/mol. The summed E-state index contributed by atoms with van der Waals surface area (Å²) < 4.78 is 5.39. The number of amides is 1. The van der Waals surface area contributed by atoms with Gasteiger partial charge >= 0.3 is 0 Å². The lowest BCUT2D eigenvalue weighted by molar-refractivity contribution is -0.384. The summed E-state index contributed by atoms with van der Waals surface area (Å²) in [7, 11) is 0. The quantitative estimate of drug-likeness (QED) is 0.461. The van der Waals surface area contributed by atoms with Gasteiger partial charge in [-0.15, -0.1) is 0 Å². The molecule has 0 aliphatic rings. The van der Waals surface area contributed by atoms with Gasteiger partial charge in [-0.3, -0.25) is 14.9 Å². The lowest BCUT2D eigenvalue weighted by atomic mass is 10.2. The third-order valence-corrected chi connectivity index (χ3v) is 3.95. The van der Waals surface area contributed by atoms with E-state index in [1.165, 1.54) is 24.3 Å². The average molecular weight is 377 g/mol. The Morgan fingerprint density at radius 1 is 0.964 bits per heavy atom. The molecule has 0 bridgehead atoms. The first kappa shape index (κ1) is 18.9. The van der Waals surface area contributed by atoms with Gasteiger partial charge in [0.2, 0.25) is 0 Å². The van der Waals surface area contributed by atoms with Crippen molar-refractivity contribution in [3.63, 3.8) is 0 Å². The Bertz CT molecular complexity index is 970. The molecule has 0 spiro atoms. The zero-order valence-corrected chi connectivity index (χ0v) is 15.2. The third-order valence-electron chi connectivity index (χ3n) is 3.95. The van der Waals surface area contributed by atoms with E-state index >= 15 is 0 Å². The highest BCUT2D eigenvalue weighted by Gasteiger charge is 2.09. The fraction of sp³-hybridized carbons (Fsp3) is 0.0952. The van der Waals surface area contributed by atoms with Crippen molar-refractivity contribution >= 4 is 28.7 Å². The minimum Gasteiger partial charge on any atom is -0.484 e. The molecule has 1 amide bonds. The Balaban J connectivity index is 1.60. The van der Waals surface area contributed by atoms with Crippen molar-refractivity contribution in [1.82, 2.24) is 0 Å². The van der Waals surface area contributed by atoms with E-state index in [2.05, 4.69) is 10.6 Å². The number of carbonyl (C=O) groups is 1. The van der Waals surface area contributed by atoms with E-state index in [0.29, 0.717) is 11.4 Å². The van der Waals surface area contributed by atoms with E-state index in [1.807, 2.05) is 49.4 Å². The number of carbonyl (C=O) groups excluding carboxylic acids is 1. The van der Waals surface area contributed by atoms with Crippen LogP contribution in [0.1, 0.15) is 5.56 Å². The molecule has 3 rings (SSSR count). The van der Waals surface area contributed by atoms with E-state index in [1.54, 1.807) is 6.07 Å². The zero-order chi connectivity index (χ0) is 19.9. The number of hydrogen-bond donors (Lipinski definition) is 2. The number of benzene rings is 3. The van der Waals surface area contributed by atoms with Gasteiger partial charge in [0.15, 0.2) is 6.61 Å². The summed E-state index contributed by atoms with van der Waals surface area (Å²) in [6.07, 6.45) is 0. The van der Waals surface area contributed by atoms with Crippen LogP contribution in [0, 0.1) is 17.0 Å². The maximum atomic E-state index is 12.2. The predicted molar refractivity (Wildman–Crippen MR) is 108 cm³/mol. The summed E-state index contributed by atoms with van der Waals surface area (Å²) in [5.74, 6) is 0.0447. The summed E-state index contributed by atoms with van der Waals surface area (Å²) in [4.78, 5) is 22.4. The molecule has 7 nitrogen and oxygen atoms in total. The largest absolute Gasteiger partial charge is 0.484 e. The molecule has 0 heterocycles. The number of rotatable bonds is 7. The topological polar surface area (TPSA) is 93.5 Å². The molecule has 0 saturated heterocycles. The van der Waals surface area contributed by atoms with E-state index in [-0.39, 0.29) is 18.2 Å². The predicted octanol–water partition coefficient (Wildman–Crippen LogP) is 4.66. The molecule has 2 N–H and O–H groups in total. The number of hydrogen-bond acceptors (Lipinski definition) is 5. The summed E-state index contributed by atoms with van der Waals surface area (Å²) >= 11 is 0. The number of aryl methyl sites for hydroxylation is 1. The lowest BCUT2D eigenvalue weighted by Gasteiger charge is -2.13. The molecule has 0 atom stereocenters. The van der Waals surface area contributed by atoms with Crippen molar-refractivity contribution in [3.05, 3.63) is 88.5 Å². The van der Waals surface area contributed by atoms with Crippen LogP contribution < -0.4 is 15.4 Å². The van der Waals surface area contributed by atoms with Crippen molar-refractivity contribution in [3.8, 4) is 5.75 Å². The first-order valence-electron chi connectivity index (χ1n) is 8.61. The lowest BCUT2D eigenvalue weighted by Crippen LogP contribution is -2.20. The second-order valence-electron chi connectivity index (χ2n) is 6.12. The molecule has 0 aliphatic carbocycles. The molecule has 3 aromatic carbocycles. The second kappa shape index (κ2) is 8.68. The molecule has 0 fully saturated rings. The van der Waals surface area contributed by atoms with Crippen LogP contribution in [0.15, 0.2) is 72.8 Å². The van der Waals surface area contributed by atoms with Crippen LogP contribution in [-0.4, -0.2) is 17.4 Å². The maximum Gasteiger partial charge on any atom is 0.269 e. The highest BCUT2D eigenvalue weighted by atomic mass is 16.6. The number of para-hydroxylation sites is 2. The number of anilines is 3. The Morgan fingerprint density at radius 2 is 1.61 bits per heavy atom. The molecule has 0 radical (unpaired) electrons. The molecule has 0 unspecified atom stereocenters. The minimum absolute atomic E-state index is 0.0343. The molecular weight excluding hydrogens is 358 g/mol. The summed E-state index contributed by atoms with van der Waals surface area (Å²) in [5, 5.41) is 16.7. The third kappa shape index (κ3) is 5.07. The van der Waals surface area contributed by atoms with E-state index in [0.717, 1.165) is 16.9 Å². The van der Waals surface area contributed by atoms with Gasteiger partial charge in [-0.25, -0.2) is 0 Å². The standard InChI is InChI=1S/C21H19N3O4/c1-15-6-8-16(9-7-15)22-19-4-2-3-5-20(19)23-21(25)14-28-18-12-10-17(11-13-18)24(26)27/h2-13,22H,14H2,1H3,(H,23,25). The smallest absolute Gasteiger partial charge is 0.269 e. The Labute approximate surface area is 162 Å². The van der Waals surface area contributed by atoms with Gasteiger partial charge < -0.3 is 15.4 Å². The van der Waals surface area contributed by atoms with Crippen molar-refractivity contribution in [2.75, 3.05) is 17.2 Å². The van der Waals surface area contributed by atoms with E-state index in [4.69, 9.17) is 4.74 Å².